The van der Waals surface area contributed by atoms with E-state index in [0.717, 1.165) is 20.8 Å². The van der Waals surface area contributed by atoms with Crippen LogP contribution in [-0.4, -0.2) is 3.21 Å². The molecule has 8 aromatic carbocycles. The van der Waals surface area contributed by atoms with Gasteiger partial charge in [0.15, 0.2) is 0 Å². The van der Waals surface area contributed by atoms with Crippen molar-refractivity contribution in [1.29, 1.82) is 0 Å². The minimum absolute atomic E-state index is 0.180. The molecule has 8 rings (SSSR count). The molecule has 0 nitrogen and oxygen atoms in total. The third-order valence-corrected chi connectivity index (χ3v) is 11.5. The summed E-state index contributed by atoms with van der Waals surface area (Å²) in [5, 5.41) is 11.8. The summed E-state index contributed by atoms with van der Waals surface area (Å²) in [6, 6.07) is 46.8. The summed E-state index contributed by atoms with van der Waals surface area (Å²) >= 11 is 14.1. The van der Waals surface area contributed by atoms with Gasteiger partial charge in [0.05, 0.1) is 0 Å². The Labute approximate surface area is 334 Å². The van der Waals surface area contributed by atoms with Crippen molar-refractivity contribution in [3.8, 4) is 0 Å². The topological polar surface area (TPSA) is 0 Å². The molecule has 52 heavy (non-hydrogen) atoms. The van der Waals surface area contributed by atoms with Gasteiger partial charge in [0.2, 0.25) is 0 Å². The molecule has 260 valence electrons. The van der Waals surface area contributed by atoms with Crippen LogP contribution in [0.2, 0.25) is 10.0 Å². The normalized spacial score (nSPS) is 11.8. The molecule has 0 bridgehead atoms. The molecule has 0 saturated heterocycles. The Morgan fingerprint density at radius 2 is 0.923 bits per heavy atom. The van der Waals surface area contributed by atoms with Crippen LogP contribution in [0.3, 0.4) is 0 Å². The maximum atomic E-state index is 6.38. The third-order valence-electron chi connectivity index (χ3n) is 9.76. The Balaban J connectivity index is 0.000000157. The molecule has 0 radical (unpaired) electrons. The zero-order valence-corrected chi connectivity index (χ0v) is 35.4. The van der Waals surface area contributed by atoms with Crippen molar-refractivity contribution >= 4 is 69.5 Å². The van der Waals surface area contributed by atoms with Crippen LogP contribution in [0.1, 0.15) is 74.9 Å². The van der Waals surface area contributed by atoms with Crippen LogP contribution in [0, 0.1) is 13.8 Å². The summed E-state index contributed by atoms with van der Waals surface area (Å²) in [5.74, 6) is 0. The van der Waals surface area contributed by atoms with Crippen LogP contribution in [0.25, 0.3) is 43.1 Å². The monoisotopic (exact) mass is 794 g/mol. The maximum Gasteiger partial charge on any atom is -0.172 e. The van der Waals surface area contributed by atoms with Crippen molar-refractivity contribution in [2.24, 2.45) is 0 Å². The fraction of sp³-hybridized carbons (Fsp3) is 0.204. The first-order chi connectivity index (χ1) is 24.6. The first kappa shape index (κ1) is 38.1. The molecule has 0 N–H and O–H groups in total. The summed E-state index contributed by atoms with van der Waals surface area (Å²) in [4.78, 5) is 0. The van der Waals surface area contributed by atoms with Gasteiger partial charge in [0.1, 0.15) is 0 Å². The van der Waals surface area contributed by atoms with Gasteiger partial charge in [-0.3, -0.25) is 0 Å². The molecule has 0 saturated carbocycles. The van der Waals surface area contributed by atoms with Crippen LogP contribution in [0.5, 0.6) is 0 Å². The second-order valence-electron chi connectivity index (χ2n) is 15.8. The molecule has 0 heterocycles. The van der Waals surface area contributed by atoms with Crippen molar-refractivity contribution < 1.29 is 24.2 Å². The summed E-state index contributed by atoms with van der Waals surface area (Å²) in [6.45, 7) is 18.3. The number of halogens is 2. The molecule has 0 fully saturated rings. The predicted octanol–water partition coefficient (Wildman–Crippen LogP) is 14.7. The molecule has 0 unspecified atom stereocenters. The second kappa shape index (κ2) is 15.4. The average molecular weight is 797 g/mol. The standard InChI is InChI=1S/C23H29.C21H12Cl2.C5H5.Zr/c1-14-9-16-11-17-10-15(2)21(23(6,7)8)13-19(17)18(16)12-20(14)22(3,4)5;22-18-10-14-5-1-3-7-20(14)16(12-18)9-17-13-19(23)11-15-6-2-4-8-21(15)17;1-2-4-5-3-1;/h9-13H,1-8H3;1-8,10-13H;1-5H;/q-1;;-1;+2. The number of aryl methyl sites for hydroxylation is 2. The van der Waals surface area contributed by atoms with Crippen LogP contribution in [0.4, 0.5) is 0 Å². The van der Waals surface area contributed by atoms with Gasteiger partial charge < -0.3 is 0 Å². The van der Waals surface area contributed by atoms with Crippen molar-refractivity contribution in [2.75, 3.05) is 0 Å². The van der Waals surface area contributed by atoms with E-state index in [4.69, 9.17) is 23.2 Å². The summed E-state index contributed by atoms with van der Waals surface area (Å²) in [5.41, 5.74) is 8.43. The molecule has 8 aromatic rings. The molecule has 0 amide bonds. The molecule has 0 aliphatic carbocycles. The smallest absolute Gasteiger partial charge is 0.172 e. The van der Waals surface area contributed by atoms with Gasteiger partial charge in [-0.2, -0.15) is 18.2 Å². The van der Waals surface area contributed by atoms with Gasteiger partial charge in [-0.15, -0.1) is 39.7 Å². The maximum absolute atomic E-state index is 6.38. The number of hydrogen-bond acceptors (Lipinski definition) is 0. The number of hydrogen-bond donors (Lipinski definition) is 0. The summed E-state index contributed by atoms with van der Waals surface area (Å²) in [6.07, 6.45) is 0. The quantitative estimate of drug-likeness (QED) is 0.153. The van der Waals surface area contributed by atoms with Crippen molar-refractivity contribution in [3.05, 3.63) is 177 Å². The van der Waals surface area contributed by atoms with Crippen molar-refractivity contribution in [2.45, 2.75) is 66.2 Å². The van der Waals surface area contributed by atoms with Gasteiger partial charge in [0, 0.05) is 0 Å². The van der Waals surface area contributed by atoms with Gasteiger partial charge in [-0.1, -0.05) is 75.9 Å². The molecule has 3 heteroatoms. The van der Waals surface area contributed by atoms with Gasteiger partial charge in [-0.25, -0.2) is 12.1 Å². The van der Waals surface area contributed by atoms with E-state index >= 15 is 0 Å². The van der Waals surface area contributed by atoms with Crippen LogP contribution in [-0.2, 0) is 35.1 Å². The van der Waals surface area contributed by atoms with Crippen molar-refractivity contribution in [1.82, 2.24) is 0 Å². The fourth-order valence-electron chi connectivity index (χ4n) is 7.38. The molecule has 0 aliphatic heterocycles. The zero-order chi connectivity index (χ0) is 37.4. The Bertz CT molecular complexity index is 2350. The number of fused-ring (bicyclic) bond motifs is 5. The molecular formula is C49H46Cl2Zr. The minimum atomic E-state index is 0.180. The molecule has 0 spiro atoms. The van der Waals surface area contributed by atoms with E-state index in [9.17, 15) is 0 Å². The van der Waals surface area contributed by atoms with E-state index < -0.39 is 0 Å². The molecule has 0 atom stereocenters. The fourth-order valence-corrected chi connectivity index (χ4v) is 8.85. The predicted molar refractivity (Wildman–Crippen MR) is 227 cm³/mol. The van der Waals surface area contributed by atoms with Crippen molar-refractivity contribution in [3.63, 3.8) is 0 Å². The second-order valence-corrected chi connectivity index (χ2v) is 17.9. The van der Waals surface area contributed by atoms with E-state index in [2.05, 4.69) is 134 Å². The minimum Gasteiger partial charge on any atom is -0.214 e. The average Bonchev–Trinajstić information content (AvgIpc) is 3.77. The summed E-state index contributed by atoms with van der Waals surface area (Å²) < 4.78 is 1.26. The summed E-state index contributed by atoms with van der Waals surface area (Å²) in [7, 11) is 0. The molecular weight excluding hydrogens is 751 g/mol. The van der Waals surface area contributed by atoms with E-state index in [0.29, 0.717) is 0 Å². The van der Waals surface area contributed by atoms with E-state index in [-0.39, 0.29) is 10.8 Å². The SMILES string of the molecule is Cc1cc2[cH-]c3cc(C)c(C(C)(C)C)cc3c2cc1C(C)(C)C.Clc1cc([C](=[Zr+2])c2cc(Cl)cc3ccccc23)c2ccccc2c1.c1cc[cH-]c1. The Hall–Kier alpha value is -3.61. The van der Waals surface area contributed by atoms with Gasteiger partial charge in [-0.05, 0) is 24.7 Å². The van der Waals surface area contributed by atoms with E-state index in [1.54, 1.807) is 0 Å². The molecule has 0 aromatic heterocycles. The number of rotatable bonds is 2. The van der Waals surface area contributed by atoms with Crippen LogP contribution >= 0.6 is 23.2 Å². The van der Waals surface area contributed by atoms with Gasteiger partial charge in [0.25, 0.3) is 0 Å². The Morgan fingerprint density at radius 1 is 0.519 bits per heavy atom. The zero-order valence-electron chi connectivity index (χ0n) is 31.5. The van der Waals surface area contributed by atoms with Crippen LogP contribution in [0.15, 0.2) is 133 Å². The van der Waals surface area contributed by atoms with Gasteiger partial charge >= 0.3 is 166 Å². The Kier molecular flexibility index (Phi) is 11.3. The first-order valence-corrected chi connectivity index (χ1v) is 19.9. The third kappa shape index (κ3) is 8.29. The number of benzene rings is 6. The largest absolute Gasteiger partial charge is 0.214 e. The van der Waals surface area contributed by atoms with E-state index in [1.165, 1.54) is 93.1 Å². The Morgan fingerprint density at radius 3 is 1.29 bits per heavy atom. The van der Waals surface area contributed by atoms with Crippen LogP contribution < -0.4 is 0 Å². The first-order valence-electron chi connectivity index (χ1n) is 17.9. The van der Waals surface area contributed by atoms with E-state index in [1.807, 2.05) is 54.6 Å². The molecule has 0 aliphatic rings.